The molecule has 1 aliphatic rings. The molecule has 0 radical (unpaired) electrons. The molecule has 4 rings (SSSR count). The molecule has 8 heteroatoms. The van der Waals surface area contributed by atoms with Gasteiger partial charge in [0.1, 0.15) is 5.56 Å². The van der Waals surface area contributed by atoms with Crippen molar-refractivity contribution in [1.82, 2.24) is 9.55 Å². The summed E-state index contributed by atoms with van der Waals surface area (Å²) in [6, 6.07) is 15.7. The lowest BCUT2D eigenvalue weighted by Gasteiger charge is -2.17. The van der Waals surface area contributed by atoms with E-state index in [1.807, 2.05) is 48.5 Å². The van der Waals surface area contributed by atoms with Gasteiger partial charge in [-0.3, -0.25) is 19.3 Å². The van der Waals surface area contributed by atoms with Gasteiger partial charge in [-0.05, 0) is 29.8 Å². The summed E-state index contributed by atoms with van der Waals surface area (Å²) >= 11 is 5.11. The van der Waals surface area contributed by atoms with Gasteiger partial charge in [-0.15, -0.1) is 18.3 Å². The van der Waals surface area contributed by atoms with E-state index in [-0.39, 0.29) is 17.4 Å². The number of nitrogens with one attached hydrogen (secondary N) is 1. The molecular formula is C22H18BrN3O3S. The number of aliphatic imine (C=N–C) groups is 1. The average Bonchev–Trinajstić information content (AvgIpc) is 2.91. The van der Waals surface area contributed by atoms with Gasteiger partial charge in [-0.2, -0.15) is 0 Å². The lowest BCUT2D eigenvalue weighted by Crippen LogP contribution is -2.34. The van der Waals surface area contributed by atoms with Gasteiger partial charge in [0, 0.05) is 27.6 Å². The Morgan fingerprint density at radius 3 is 2.70 bits per heavy atom. The lowest BCUT2D eigenvalue weighted by molar-refractivity contribution is 0.409. The van der Waals surface area contributed by atoms with E-state index in [0.29, 0.717) is 12.1 Å². The van der Waals surface area contributed by atoms with Crippen molar-refractivity contribution in [3.63, 3.8) is 0 Å². The van der Waals surface area contributed by atoms with Crippen LogP contribution in [0.5, 0.6) is 5.88 Å². The van der Waals surface area contributed by atoms with Crippen LogP contribution in [0.4, 0.5) is 5.69 Å². The Balaban J connectivity index is 1.90. The van der Waals surface area contributed by atoms with E-state index in [1.165, 1.54) is 6.08 Å². The van der Waals surface area contributed by atoms with E-state index >= 15 is 0 Å². The van der Waals surface area contributed by atoms with E-state index < -0.39 is 17.1 Å². The summed E-state index contributed by atoms with van der Waals surface area (Å²) in [5.41, 5.74) is 0.887. The maximum atomic E-state index is 12.7. The van der Waals surface area contributed by atoms with Crippen molar-refractivity contribution in [2.24, 2.45) is 4.99 Å². The fraction of sp³-hybridized carbons (Fsp3) is 0.136. The summed E-state index contributed by atoms with van der Waals surface area (Å²) in [4.78, 5) is 32.8. The first kappa shape index (κ1) is 20.4. The van der Waals surface area contributed by atoms with Gasteiger partial charge in [-0.25, -0.2) is 4.79 Å². The number of thioether (sulfide) groups is 1. The van der Waals surface area contributed by atoms with Crippen LogP contribution >= 0.6 is 27.7 Å². The summed E-state index contributed by atoms with van der Waals surface area (Å²) in [5.74, 6) is -0.402. The molecule has 0 spiro atoms. The summed E-state index contributed by atoms with van der Waals surface area (Å²) < 4.78 is 2.05. The van der Waals surface area contributed by atoms with Crippen LogP contribution in [0.25, 0.3) is 0 Å². The van der Waals surface area contributed by atoms with Crippen molar-refractivity contribution in [2.45, 2.75) is 23.1 Å². The van der Waals surface area contributed by atoms with E-state index in [2.05, 4.69) is 27.5 Å². The average molecular weight is 484 g/mol. The molecule has 1 aromatic heterocycles. The van der Waals surface area contributed by atoms with E-state index in [4.69, 9.17) is 4.99 Å². The number of H-pyrrole nitrogens is 1. The Bertz CT molecular complexity index is 1260. The molecule has 0 saturated carbocycles. The molecule has 0 fully saturated rings. The number of hydrogen-bond donors (Lipinski definition) is 2. The first-order chi connectivity index (χ1) is 14.5. The molecule has 0 amide bonds. The lowest BCUT2D eigenvalue weighted by atomic mass is 10.0. The summed E-state index contributed by atoms with van der Waals surface area (Å²) in [6.45, 7) is 3.68. The highest BCUT2D eigenvalue weighted by Crippen LogP contribution is 2.45. The Labute approximate surface area is 185 Å². The zero-order valence-corrected chi connectivity index (χ0v) is 18.2. The standard InChI is InChI=1S/C22H18BrN3O3S/c1-2-11-26-21(28)19(20(27)25-22(26)29)16-12-18(13-7-9-14(23)10-8-13)30-17-6-4-3-5-15(17)24-16/h2-10,18,28H,1,11-12H2,(H,25,27,29)/t18-/m1/s1. The Kier molecular flexibility index (Phi) is 5.78. The van der Waals surface area contributed by atoms with Gasteiger partial charge in [0.25, 0.3) is 5.56 Å². The number of benzene rings is 2. The number of aromatic hydroxyl groups is 1. The van der Waals surface area contributed by atoms with E-state index in [9.17, 15) is 14.7 Å². The molecule has 0 aliphatic carbocycles. The summed E-state index contributed by atoms with van der Waals surface area (Å²) in [5, 5.41) is 10.7. The maximum Gasteiger partial charge on any atom is 0.331 e. The Morgan fingerprint density at radius 2 is 1.97 bits per heavy atom. The Hall–Kier alpha value is -2.84. The van der Waals surface area contributed by atoms with Gasteiger partial charge in [0.05, 0.1) is 11.4 Å². The number of aromatic amines is 1. The Morgan fingerprint density at radius 1 is 1.23 bits per heavy atom. The fourth-order valence-electron chi connectivity index (χ4n) is 3.35. The normalized spacial score (nSPS) is 15.8. The topological polar surface area (TPSA) is 87.4 Å². The molecule has 3 aromatic rings. The van der Waals surface area contributed by atoms with Crippen LogP contribution in [0.3, 0.4) is 0 Å². The number of fused-ring (bicyclic) bond motifs is 1. The van der Waals surface area contributed by atoms with Gasteiger partial charge in [-0.1, -0.05) is 46.3 Å². The smallest absolute Gasteiger partial charge is 0.331 e. The SMILES string of the molecule is C=CCn1c(O)c(C2=Nc3ccccc3S[C@@H](c3ccc(Br)cc3)C2)c(=O)[nH]c1=O. The zero-order chi connectivity index (χ0) is 21.3. The first-order valence-corrected chi connectivity index (χ1v) is 10.9. The zero-order valence-electron chi connectivity index (χ0n) is 15.8. The summed E-state index contributed by atoms with van der Waals surface area (Å²) in [6.07, 6.45) is 1.89. The molecule has 0 saturated heterocycles. The van der Waals surface area contributed by atoms with Crippen LogP contribution in [-0.2, 0) is 6.54 Å². The van der Waals surface area contributed by atoms with Crippen LogP contribution in [0.2, 0.25) is 0 Å². The van der Waals surface area contributed by atoms with Gasteiger partial charge in [0.2, 0.25) is 5.88 Å². The molecule has 6 nitrogen and oxygen atoms in total. The van der Waals surface area contributed by atoms with Crippen molar-refractivity contribution in [3.8, 4) is 5.88 Å². The minimum atomic E-state index is -0.686. The molecule has 1 atom stereocenters. The van der Waals surface area contributed by atoms with Crippen LogP contribution < -0.4 is 11.2 Å². The maximum absolute atomic E-state index is 12.7. The quantitative estimate of drug-likeness (QED) is 0.532. The molecule has 2 heterocycles. The van der Waals surface area contributed by atoms with Crippen molar-refractivity contribution in [1.29, 1.82) is 0 Å². The van der Waals surface area contributed by atoms with Gasteiger partial charge < -0.3 is 5.11 Å². The number of hydrogen-bond acceptors (Lipinski definition) is 5. The molecular weight excluding hydrogens is 466 g/mol. The number of rotatable bonds is 4. The number of nitrogens with zero attached hydrogens (tertiary/aromatic N) is 2. The second kappa shape index (κ2) is 8.49. The second-order valence-electron chi connectivity index (χ2n) is 6.75. The predicted molar refractivity (Wildman–Crippen MR) is 123 cm³/mol. The number of para-hydroxylation sites is 1. The molecule has 1 aliphatic heterocycles. The molecule has 2 N–H and O–H groups in total. The van der Waals surface area contributed by atoms with Crippen LogP contribution in [0.1, 0.15) is 22.8 Å². The molecule has 0 unspecified atom stereocenters. The van der Waals surface area contributed by atoms with Crippen molar-refractivity contribution in [2.75, 3.05) is 0 Å². The third kappa shape index (κ3) is 3.93. The third-order valence-corrected chi connectivity index (χ3v) is 6.63. The highest BCUT2D eigenvalue weighted by Gasteiger charge is 2.27. The van der Waals surface area contributed by atoms with Crippen molar-refractivity contribution >= 4 is 39.1 Å². The monoisotopic (exact) mass is 483 g/mol. The van der Waals surface area contributed by atoms with Crippen molar-refractivity contribution in [3.05, 3.63) is 97.6 Å². The fourth-order valence-corrected chi connectivity index (χ4v) is 4.85. The molecule has 0 bridgehead atoms. The predicted octanol–water partition coefficient (Wildman–Crippen LogP) is 4.55. The molecule has 30 heavy (non-hydrogen) atoms. The minimum absolute atomic E-state index is 0.0101. The largest absolute Gasteiger partial charge is 0.494 e. The first-order valence-electron chi connectivity index (χ1n) is 9.24. The van der Waals surface area contributed by atoms with Gasteiger partial charge >= 0.3 is 5.69 Å². The minimum Gasteiger partial charge on any atom is -0.494 e. The number of aromatic nitrogens is 2. The highest BCUT2D eigenvalue weighted by atomic mass is 79.9. The molecule has 2 aromatic carbocycles. The van der Waals surface area contributed by atoms with Crippen molar-refractivity contribution < 1.29 is 5.11 Å². The second-order valence-corrected chi connectivity index (χ2v) is 8.91. The summed E-state index contributed by atoms with van der Waals surface area (Å²) in [7, 11) is 0. The van der Waals surface area contributed by atoms with Crippen LogP contribution in [0.15, 0.2) is 85.1 Å². The van der Waals surface area contributed by atoms with Crippen LogP contribution in [0, 0.1) is 0 Å². The van der Waals surface area contributed by atoms with Gasteiger partial charge in [0.15, 0.2) is 0 Å². The van der Waals surface area contributed by atoms with E-state index in [0.717, 1.165) is 25.2 Å². The number of allylic oxidation sites excluding steroid dienone is 1. The highest BCUT2D eigenvalue weighted by molar-refractivity contribution is 9.10. The molecule has 152 valence electrons. The van der Waals surface area contributed by atoms with E-state index in [1.54, 1.807) is 11.8 Å². The van der Waals surface area contributed by atoms with Crippen LogP contribution in [-0.4, -0.2) is 20.4 Å². The third-order valence-electron chi connectivity index (χ3n) is 4.78. The number of halogens is 1.